The van der Waals surface area contributed by atoms with Crippen LogP contribution in [0.5, 0.6) is 5.75 Å². The smallest absolute Gasteiger partial charge is 0.125 e. The van der Waals surface area contributed by atoms with Gasteiger partial charge < -0.3 is 10.5 Å². The van der Waals surface area contributed by atoms with Gasteiger partial charge in [0.2, 0.25) is 0 Å². The molecule has 0 bridgehead atoms. The Morgan fingerprint density at radius 3 is 2.52 bits per heavy atom. The van der Waals surface area contributed by atoms with Crippen LogP contribution >= 0.6 is 15.9 Å². The Balaban J connectivity index is 2.11. The Bertz CT molecular complexity index is 465. The third-order valence-electron chi connectivity index (χ3n) is 4.51. The molecule has 1 aromatic carbocycles. The van der Waals surface area contributed by atoms with Gasteiger partial charge in [0.15, 0.2) is 0 Å². The molecule has 0 aromatic heterocycles. The van der Waals surface area contributed by atoms with Crippen LogP contribution in [0.25, 0.3) is 0 Å². The van der Waals surface area contributed by atoms with Crippen LogP contribution in [0.4, 0.5) is 0 Å². The zero-order valence-corrected chi connectivity index (χ0v) is 15.1. The quantitative estimate of drug-likeness (QED) is 0.808. The minimum absolute atomic E-state index is 0.150. The first-order valence-electron chi connectivity index (χ1n) is 8.20. The monoisotopic (exact) mass is 353 g/mol. The highest BCUT2D eigenvalue weighted by atomic mass is 79.9. The van der Waals surface area contributed by atoms with Gasteiger partial charge >= 0.3 is 0 Å². The minimum atomic E-state index is 0.150. The molecule has 0 spiro atoms. The summed E-state index contributed by atoms with van der Waals surface area (Å²) in [6.07, 6.45) is 7.52. The van der Waals surface area contributed by atoms with E-state index in [2.05, 4.69) is 41.9 Å². The fourth-order valence-corrected chi connectivity index (χ4v) is 3.91. The summed E-state index contributed by atoms with van der Waals surface area (Å²) in [7, 11) is 0. The van der Waals surface area contributed by atoms with Crippen LogP contribution in [0.3, 0.4) is 0 Å². The minimum Gasteiger partial charge on any atom is -0.490 e. The van der Waals surface area contributed by atoms with Crippen LogP contribution in [0, 0.1) is 12.8 Å². The largest absolute Gasteiger partial charge is 0.490 e. The molecule has 2 nitrogen and oxygen atoms in total. The Morgan fingerprint density at radius 1 is 1.29 bits per heavy atom. The lowest BCUT2D eigenvalue weighted by atomic mass is 9.86. The Hall–Kier alpha value is -0.540. The molecule has 1 aliphatic rings. The van der Waals surface area contributed by atoms with E-state index in [0.717, 1.165) is 22.6 Å². The van der Waals surface area contributed by atoms with Crippen molar-refractivity contribution >= 4 is 15.9 Å². The molecule has 1 aromatic rings. The molecule has 3 heteroatoms. The van der Waals surface area contributed by atoms with Crippen molar-refractivity contribution in [3.05, 3.63) is 27.7 Å². The first-order chi connectivity index (χ1) is 9.99. The molecule has 1 saturated carbocycles. The van der Waals surface area contributed by atoms with Crippen LogP contribution in [0.2, 0.25) is 0 Å². The summed E-state index contributed by atoms with van der Waals surface area (Å²) in [5.41, 5.74) is 8.43. The molecular formula is C18H28BrNO. The summed E-state index contributed by atoms with van der Waals surface area (Å²) in [4.78, 5) is 0. The molecule has 1 atom stereocenters. The van der Waals surface area contributed by atoms with Gasteiger partial charge in [0, 0.05) is 10.5 Å². The van der Waals surface area contributed by atoms with E-state index in [1.807, 2.05) is 6.92 Å². The van der Waals surface area contributed by atoms with Gasteiger partial charge in [-0.2, -0.15) is 0 Å². The van der Waals surface area contributed by atoms with Gasteiger partial charge in [0.1, 0.15) is 5.75 Å². The number of benzene rings is 1. The molecule has 21 heavy (non-hydrogen) atoms. The highest BCUT2D eigenvalue weighted by molar-refractivity contribution is 9.10. The maximum Gasteiger partial charge on any atom is 0.125 e. The second-order valence-electron chi connectivity index (χ2n) is 6.56. The van der Waals surface area contributed by atoms with Gasteiger partial charge in [-0.15, -0.1) is 0 Å². The number of hydrogen-bond donors (Lipinski definition) is 1. The number of hydrogen-bond acceptors (Lipinski definition) is 2. The van der Waals surface area contributed by atoms with E-state index in [4.69, 9.17) is 10.5 Å². The summed E-state index contributed by atoms with van der Waals surface area (Å²) in [5, 5.41) is 0. The van der Waals surface area contributed by atoms with Crippen LogP contribution in [0.1, 0.15) is 57.1 Å². The second kappa shape index (κ2) is 7.64. The van der Waals surface area contributed by atoms with Gasteiger partial charge in [-0.1, -0.05) is 29.3 Å². The number of ether oxygens (including phenoxy) is 1. The van der Waals surface area contributed by atoms with Gasteiger partial charge in [-0.3, -0.25) is 0 Å². The summed E-state index contributed by atoms with van der Waals surface area (Å²) < 4.78 is 7.50. The predicted octanol–water partition coefficient (Wildman–Crippen LogP) is 4.99. The number of rotatable bonds is 5. The fraction of sp³-hybridized carbons (Fsp3) is 0.667. The molecule has 1 unspecified atom stereocenters. The van der Waals surface area contributed by atoms with Crippen molar-refractivity contribution in [1.82, 2.24) is 0 Å². The van der Waals surface area contributed by atoms with Gasteiger partial charge in [0.25, 0.3) is 0 Å². The third-order valence-corrected chi connectivity index (χ3v) is 4.97. The molecule has 1 aliphatic carbocycles. The van der Waals surface area contributed by atoms with Crippen LogP contribution in [-0.4, -0.2) is 12.1 Å². The van der Waals surface area contributed by atoms with E-state index in [1.54, 1.807) is 0 Å². The van der Waals surface area contributed by atoms with E-state index in [9.17, 15) is 0 Å². The lowest BCUT2D eigenvalue weighted by Gasteiger charge is -2.30. The standard InChI is InChI=1S/C18H28BrNO/c1-4-14-5-7-17(8-6-14)21-18-12(2)9-16(19)11-15(18)10-13(3)20/h9,11,13-14,17H,4-8,10,20H2,1-3H3. The SMILES string of the molecule is CCC1CCC(Oc2c(C)cc(Br)cc2CC(C)N)CC1. The van der Waals surface area contributed by atoms with Gasteiger partial charge in [-0.25, -0.2) is 0 Å². The number of nitrogens with two attached hydrogens (primary N) is 1. The van der Waals surface area contributed by atoms with E-state index in [-0.39, 0.29) is 6.04 Å². The lowest BCUT2D eigenvalue weighted by molar-refractivity contribution is 0.128. The van der Waals surface area contributed by atoms with Crippen molar-refractivity contribution in [2.24, 2.45) is 11.7 Å². The van der Waals surface area contributed by atoms with E-state index in [1.165, 1.54) is 43.2 Å². The first-order valence-corrected chi connectivity index (χ1v) is 9.00. The molecule has 2 N–H and O–H groups in total. The van der Waals surface area contributed by atoms with Crippen LogP contribution in [-0.2, 0) is 6.42 Å². The number of aryl methyl sites for hydroxylation is 1. The zero-order chi connectivity index (χ0) is 15.4. The summed E-state index contributed by atoms with van der Waals surface area (Å²) in [6, 6.07) is 4.44. The average molecular weight is 354 g/mol. The van der Waals surface area contributed by atoms with Crippen molar-refractivity contribution in [3.8, 4) is 5.75 Å². The van der Waals surface area contributed by atoms with Crippen LogP contribution in [0.15, 0.2) is 16.6 Å². The van der Waals surface area contributed by atoms with Gasteiger partial charge in [-0.05, 0) is 75.1 Å². The normalized spacial score (nSPS) is 23.9. The zero-order valence-electron chi connectivity index (χ0n) is 13.5. The fourth-order valence-electron chi connectivity index (χ4n) is 3.29. The summed E-state index contributed by atoms with van der Waals surface area (Å²) in [6.45, 7) is 6.47. The third kappa shape index (κ3) is 4.72. The maximum absolute atomic E-state index is 6.39. The van der Waals surface area contributed by atoms with Crippen molar-refractivity contribution < 1.29 is 4.74 Å². The predicted molar refractivity (Wildman–Crippen MR) is 92.9 cm³/mol. The van der Waals surface area contributed by atoms with E-state index < -0.39 is 0 Å². The molecular weight excluding hydrogens is 326 g/mol. The Morgan fingerprint density at radius 2 is 1.95 bits per heavy atom. The summed E-state index contributed by atoms with van der Waals surface area (Å²) in [5.74, 6) is 1.97. The molecule has 0 amide bonds. The molecule has 2 rings (SSSR count). The Kier molecular flexibility index (Phi) is 6.12. The van der Waals surface area contributed by atoms with Crippen LogP contribution < -0.4 is 10.5 Å². The average Bonchev–Trinajstić information content (AvgIpc) is 2.42. The van der Waals surface area contributed by atoms with Crippen molar-refractivity contribution in [1.29, 1.82) is 0 Å². The number of halogens is 1. The molecule has 0 radical (unpaired) electrons. The molecule has 1 fully saturated rings. The van der Waals surface area contributed by atoms with Crippen molar-refractivity contribution in [2.75, 3.05) is 0 Å². The first kappa shape index (κ1) is 16.8. The maximum atomic E-state index is 6.39. The second-order valence-corrected chi connectivity index (χ2v) is 7.48. The molecule has 0 saturated heterocycles. The van der Waals surface area contributed by atoms with E-state index in [0.29, 0.717) is 6.10 Å². The Labute approximate surface area is 137 Å². The van der Waals surface area contributed by atoms with E-state index >= 15 is 0 Å². The molecule has 0 aliphatic heterocycles. The van der Waals surface area contributed by atoms with Gasteiger partial charge in [0.05, 0.1) is 6.10 Å². The highest BCUT2D eigenvalue weighted by Gasteiger charge is 2.23. The highest BCUT2D eigenvalue weighted by Crippen LogP contribution is 2.34. The lowest BCUT2D eigenvalue weighted by Crippen LogP contribution is -2.25. The van der Waals surface area contributed by atoms with Crippen molar-refractivity contribution in [3.63, 3.8) is 0 Å². The molecule has 118 valence electrons. The van der Waals surface area contributed by atoms with Crippen molar-refractivity contribution in [2.45, 2.75) is 71.4 Å². The topological polar surface area (TPSA) is 35.2 Å². The molecule has 0 heterocycles. The summed E-state index contributed by atoms with van der Waals surface area (Å²) >= 11 is 3.58.